The van der Waals surface area contributed by atoms with Gasteiger partial charge in [-0.25, -0.2) is 9.97 Å². The van der Waals surface area contributed by atoms with Crippen molar-refractivity contribution in [3.63, 3.8) is 0 Å². The molecule has 4 heteroatoms. The Kier molecular flexibility index (Phi) is 9.49. The van der Waals surface area contributed by atoms with E-state index >= 15 is 0 Å². The summed E-state index contributed by atoms with van der Waals surface area (Å²) >= 11 is 0. The van der Waals surface area contributed by atoms with Crippen LogP contribution in [0.15, 0.2) is 206 Å². The van der Waals surface area contributed by atoms with Crippen molar-refractivity contribution in [3.05, 3.63) is 240 Å². The molecule has 2 aliphatic heterocycles. The normalized spacial score (nSPS) is 11.7. The monoisotopic (exact) mass is 792 g/mol. The molecular formula is C58H40N4. The molecule has 292 valence electrons. The Morgan fingerprint density at radius 2 is 0.645 bits per heavy atom. The van der Waals surface area contributed by atoms with E-state index in [1.54, 1.807) is 0 Å². The maximum Gasteiger partial charge on any atom is 0.0737 e. The van der Waals surface area contributed by atoms with Crippen LogP contribution in [-0.4, -0.2) is 19.5 Å². The van der Waals surface area contributed by atoms with Crippen LogP contribution in [0.4, 0.5) is 0 Å². The summed E-state index contributed by atoms with van der Waals surface area (Å²) in [6.07, 6.45) is 11.0. The van der Waals surface area contributed by atoms with Gasteiger partial charge in [0.25, 0.3) is 0 Å². The van der Waals surface area contributed by atoms with Crippen LogP contribution in [0.5, 0.6) is 0 Å². The summed E-state index contributed by atoms with van der Waals surface area (Å²) in [5.41, 5.74) is 19.2. The lowest BCUT2D eigenvalue weighted by Gasteiger charge is -2.14. The molecular weight excluding hydrogens is 753 g/mol. The van der Waals surface area contributed by atoms with Gasteiger partial charge >= 0.3 is 0 Å². The van der Waals surface area contributed by atoms with Gasteiger partial charge in [0.2, 0.25) is 0 Å². The van der Waals surface area contributed by atoms with Crippen LogP contribution in [0.25, 0.3) is 103 Å². The summed E-state index contributed by atoms with van der Waals surface area (Å²) in [7, 11) is 0. The Balaban J connectivity index is 1.38. The molecule has 0 amide bonds. The third-order valence-corrected chi connectivity index (χ3v) is 11.6. The number of benzene rings is 6. The van der Waals surface area contributed by atoms with Crippen molar-refractivity contribution in [2.24, 2.45) is 0 Å². The Morgan fingerprint density at radius 1 is 0.339 bits per heavy atom. The van der Waals surface area contributed by atoms with Gasteiger partial charge in [0.1, 0.15) is 0 Å². The highest BCUT2D eigenvalue weighted by Gasteiger charge is 2.21. The number of hydrogen-bond donors (Lipinski definition) is 1. The largest absolute Gasteiger partial charge is 0.354 e. The van der Waals surface area contributed by atoms with Crippen LogP contribution in [0.2, 0.25) is 0 Å². The molecule has 0 saturated heterocycles. The lowest BCUT2D eigenvalue weighted by Crippen LogP contribution is -1.97. The van der Waals surface area contributed by atoms with Crippen LogP contribution >= 0.6 is 0 Å². The molecule has 0 unspecified atom stereocenters. The van der Waals surface area contributed by atoms with E-state index in [0.29, 0.717) is 0 Å². The number of fused-ring (bicyclic) bond motifs is 8. The smallest absolute Gasteiger partial charge is 0.0737 e. The summed E-state index contributed by atoms with van der Waals surface area (Å²) in [6.45, 7) is 0. The number of aromatic amines is 1. The van der Waals surface area contributed by atoms with E-state index in [1.807, 2.05) is 0 Å². The molecule has 5 heterocycles. The second-order valence-electron chi connectivity index (χ2n) is 15.4. The SMILES string of the molecule is C1=Cc2nc1c(-c1ccccc1)c1ccc([nH]1)c(-c1ccccc1)c1nc(c(-c3ccccc3)c3ccc(c2-c2ccccc2)n3C=C(c2ccccc2)c2ccccc2)C=C1. The topological polar surface area (TPSA) is 46.5 Å². The van der Waals surface area contributed by atoms with E-state index in [9.17, 15) is 0 Å². The number of H-pyrrole nitrogens is 1. The van der Waals surface area contributed by atoms with Crippen molar-refractivity contribution in [2.45, 2.75) is 0 Å². The quantitative estimate of drug-likeness (QED) is 0.175. The Bertz CT molecular complexity index is 3120. The van der Waals surface area contributed by atoms with Gasteiger partial charge in [0.05, 0.1) is 33.8 Å². The second-order valence-corrected chi connectivity index (χ2v) is 15.4. The molecule has 2 aliphatic rings. The maximum absolute atomic E-state index is 5.57. The van der Waals surface area contributed by atoms with Crippen molar-refractivity contribution < 1.29 is 0 Å². The fourth-order valence-electron chi connectivity index (χ4n) is 8.80. The molecule has 9 aromatic rings. The zero-order valence-electron chi connectivity index (χ0n) is 33.9. The zero-order valence-corrected chi connectivity index (χ0v) is 33.9. The fourth-order valence-corrected chi connectivity index (χ4v) is 8.80. The average molecular weight is 793 g/mol. The average Bonchev–Trinajstić information content (AvgIpc) is 4.18. The van der Waals surface area contributed by atoms with E-state index < -0.39 is 0 Å². The molecule has 62 heavy (non-hydrogen) atoms. The number of hydrogen-bond acceptors (Lipinski definition) is 2. The summed E-state index contributed by atoms with van der Waals surface area (Å²) in [5, 5.41) is 0. The minimum absolute atomic E-state index is 0.880. The zero-order chi connectivity index (χ0) is 41.2. The standard InChI is InChI=1S/C58H40N4/c1-7-19-40(20-8-1)46(41-21-9-2-10-22-41)39-62-53-37-38-54(62)58(45-29-17-6-18-30-45)52-36-34-50(61-52)56(43-25-13-4-14-26-43)48-32-31-47(59-48)55(42-23-11-3-12-24-42)49-33-35-51(60-49)57(53)44-27-15-5-16-28-44/h1-39,59H. The first-order valence-corrected chi connectivity index (χ1v) is 21.0. The molecule has 0 aliphatic carbocycles. The fraction of sp³-hybridized carbons (Fsp3) is 0. The van der Waals surface area contributed by atoms with Crippen molar-refractivity contribution in [3.8, 4) is 44.5 Å². The molecule has 0 atom stereocenters. The Labute approximate surface area is 360 Å². The summed E-state index contributed by atoms with van der Waals surface area (Å²) in [5.74, 6) is 0. The van der Waals surface area contributed by atoms with Crippen LogP contribution < -0.4 is 0 Å². The van der Waals surface area contributed by atoms with Crippen LogP contribution in [-0.2, 0) is 0 Å². The van der Waals surface area contributed by atoms with Crippen LogP contribution in [0.1, 0.15) is 33.9 Å². The molecule has 4 nitrogen and oxygen atoms in total. The molecule has 8 bridgehead atoms. The first-order chi connectivity index (χ1) is 30.8. The highest BCUT2D eigenvalue weighted by Crippen LogP contribution is 2.40. The third-order valence-electron chi connectivity index (χ3n) is 11.6. The predicted octanol–water partition coefficient (Wildman–Crippen LogP) is 14.8. The van der Waals surface area contributed by atoms with Crippen LogP contribution in [0, 0.1) is 0 Å². The molecule has 11 rings (SSSR count). The van der Waals surface area contributed by atoms with Gasteiger partial charge in [-0.2, -0.15) is 0 Å². The summed E-state index contributed by atoms with van der Waals surface area (Å²) < 4.78 is 2.37. The van der Waals surface area contributed by atoms with E-state index in [4.69, 9.17) is 9.97 Å². The van der Waals surface area contributed by atoms with Crippen LogP contribution in [0.3, 0.4) is 0 Å². The maximum atomic E-state index is 5.57. The van der Waals surface area contributed by atoms with Crippen molar-refractivity contribution in [2.75, 3.05) is 0 Å². The second kappa shape index (κ2) is 16.0. The van der Waals surface area contributed by atoms with Gasteiger partial charge in [0, 0.05) is 45.1 Å². The van der Waals surface area contributed by atoms with Gasteiger partial charge < -0.3 is 9.55 Å². The summed E-state index contributed by atoms with van der Waals surface area (Å²) in [4.78, 5) is 15.0. The van der Waals surface area contributed by atoms with E-state index in [-0.39, 0.29) is 0 Å². The number of nitrogens with zero attached hydrogens (tertiary/aromatic N) is 3. The van der Waals surface area contributed by atoms with Gasteiger partial charge in [-0.3, -0.25) is 0 Å². The van der Waals surface area contributed by atoms with Gasteiger partial charge in [-0.05, 0) is 82.0 Å². The lowest BCUT2D eigenvalue weighted by atomic mass is 9.98. The first kappa shape index (κ1) is 36.7. The number of nitrogens with one attached hydrogen (secondary N) is 1. The van der Waals surface area contributed by atoms with Gasteiger partial charge in [-0.1, -0.05) is 182 Å². The minimum Gasteiger partial charge on any atom is -0.354 e. The molecule has 0 fully saturated rings. The van der Waals surface area contributed by atoms with Gasteiger partial charge in [-0.15, -0.1) is 0 Å². The predicted molar refractivity (Wildman–Crippen MR) is 260 cm³/mol. The Morgan fingerprint density at radius 3 is 1.00 bits per heavy atom. The lowest BCUT2D eigenvalue weighted by molar-refractivity contribution is 1.26. The first-order valence-electron chi connectivity index (χ1n) is 21.0. The summed E-state index contributed by atoms with van der Waals surface area (Å²) in [6, 6.07) is 72.6. The molecule has 3 aromatic heterocycles. The van der Waals surface area contributed by atoms with Crippen molar-refractivity contribution >= 4 is 58.1 Å². The highest BCUT2D eigenvalue weighted by atomic mass is 15.0. The van der Waals surface area contributed by atoms with E-state index in [1.165, 1.54) is 0 Å². The molecule has 0 saturated carbocycles. The molecule has 0 spiro atoms. The van der Waals surface area contributed by atoms with Gasteiger partial charge in [0.15, 0.2) is 0 Å². The molecule has 1 N–H and O–H groups in total. The third kappa shape index (κ3) is 6.80. The van der Waals surface area contributed by atoms with Crippen molar-refractivity contribution in [1.29, 1.82) is 0 Å². The number of aromatic nitrogens is 4. The van der Waals surface area contributed by atoms with E-state index in [0.717, 1.165) is 106 Å². The highest BCUT2D eigenvalue weighted by molar-refractivity contribution is 6.02. The van der Waals surface area contributed by atoms with Crippen molar-refractivity contribution in [1.82, 2.24) is 19.5 Å². The Hall–Kier alpha value is -8.34. The molecule has 6 aromatic carbocycles. The molecule has 0 radical (unpaired) electrons. The minimum atomic E-state index is 0.880. The number of rotatable bonds is 7. The van der Waals surface area contributed by atoms with E-state index in [2.05, 4.69) is 246 Å².